The quantitative estimate of drug-likeness (QED) is 0.0180. The number of rotatable bonds is 23. The Labute approximate surface area is 441 Å². The highest BCUT2D eigenvalue weighted by Crippen LogP contribution is 2.31. The number of hydrogen-bond donors (Lipinski definition) is 3. The Morgan fingerprint density at radius 3 is 1.43 bits per heavy atom. The SMILES string of the molecule is CCCCCCCOc1ccc(C(=O)Oc2ccc(CC(NC(=O)c3ccc([N+](=O)[O-])cc3)C(=O)OC(C)(C)C)cc2OC)cc1.COc1cc(CC(NC(=O)c2ccc([N+](=O)[O-])cc2)C(=O)OC(C)(C)C)ccc1O. The van der Waals surface area contributed by atoms with Gasteiger partial charge in [0.2, 0.25) is 0 Å². The summed E-state index contributed by atoms with van der Waals surface area (Å²) in [5, 5.41) is 36.8. The Morgan fingerprint density at radius 1 is 0.566 bits per heavy atom. The number of esters is 3. The number of carbonyl (C=O) groups is 5. The van der Waals surface area contributed by atoms with Crippen LogP contribution < -0.4 is 29.6 Å². The van der Waals surface area contributed by atoms with Crippen molar-refractivity contribution in [2.24, 2.45) is 0 Å². The number of aromatic hydroxyl groups is 1. The smallest absolute Gasteiger partial charge is 0.343 e. The highest BCUT2D eigenvalue weighted by atomic mass is 16.6. The zero-order chi connectivity index (χ0) is 56.2. The molecule has 0 heterocycles. The second-order valence-corrected chi connectivity index (χ2v) is 19.3. The number of amides is 2. The molecule has 5 rings (SSSR count). The van der Waals surface area contributed by atoms with Crippen LogP contribution >= 0.6 is 0 Å². The predicted octanol–water partition coefficient (Wildman–Crippen LogP) is 9.85. The number of carbonyl (C=O) groups excluding carboxylic acids is 5. The topological polar surface area (TPSA) is 271 Å². The molecule has 76 heavy (non-hydrogen) atoms. The van der Waals surface area contributed by atoms with Gasteiger partial charge in [0.1, 0.15) is 29.0 Å². The molecule has 0 aromatic heterocycles. The van der Waals surface area contributed by atoms with Crippen LogP contribution in [0, 0.1) is 20.2 Å². The Balaban J connectivity index is 0.000000359. The highest BCUT2D eigenvalue weighted by Gasteiger charge is 2.30. The monoisotopic (exact) mass is 1050 g/mol. The van der Waals surface area contributed by atoms with Crippen LogP contribution in [0.25, 0.3) is 0 Å². The fourth-order valence-corrected chi connectivity index (χ4v) is 7.07. The van der Waals surface area contributed by atoms with E-state index in [2.05, 4.69) is 17.6 Å². The molecule has 20 nitrogen and oxygen atoms in total. The zero-order valence-electron chi connectivity index (χ0n) is 44.2. The van der Waals surface area contributed by atoms with Crippen LogP contribution in [0.4, 0.5) is 11.4 Å². The summed E-state index contributed by atoms with van der Waals surface area (Å²) in [7, 11) is 2.83. The Morgan fingerprint density at radius 2 is 1.00 bits per heavy atom. The van der Waals surface area contributed by atoms with Crippen LogP contribution in [-0.4, -0.2) is 88.8 Å². The normalized spacial score (nSPS) is 11.8. The number of nitrogens with zero attached hydrogens (tertiary/aromatic N) is 2. The van der Waals surface area contributed by atoms with E-state index in [4.69, 9.17) is 28.4 Å². The van der Waals surface area contributed by atoms with Crippen LogP contribution in [-0.2, 0) is 31.9 Å². The first-order chi connectivity index (χ1) is 35.9. The first-order valence-corrected chi connectivity index (χ1v) is 24.4. The van der Waals surface area contributed by atoms with Crippen molar-refractivity contribution in [3.05, 3.63) is 157 Å². The van der Waals surface area contributed by atoms with Gasteiger partial charge in [-0.3, -0.25) is 29.8 Å². The van der Waals surface area contributed by atoms with E-state index in [1.807, 2.05) is 0 Å². The molecule has 0 aliphatic rings. The lowest BCUT2D eigenvalue weighted by Crippen LogP contribution is -2.45. The fraction of sp³-hybridized carbons (Fsp3) is 0.375. The molecule has 0 saturated carbocycles. The molecule has 0 saturated heterocycles. The molecule has 3 N–H and O–H groups in total. The van der Waals surface area contributed by atoms with Crippen molar-refractivity contribution >= 4 is 41.1 Å². The Hall–Kier alpha value is -8.55. The van der Waals surface area contributed by atoms with Gasteiger partial charge < -0.3 is 44.2 Å². The average Bonchev–Trinajstić information content (AvgIpc) is 3.37. The largest absolute Gasteiger partial charge is 0.504 e. The summed E-state index contributed by atoms with van der Waals surface area (Å²) in [6.45, 7) is 13.1. The third-order valence-electron chi connectivity index (χ3n) is 10.8. The molecule has 0 bridgehead atoms. The van der Waals surface area contributed by atoms with Gasteiger partial charge in [-0.1, -0.05) is 44.7 Å². The van der Waals surface area contributed by atoms with Gasteiger partial charge in [-0.15, -0.1) is 0 Å². The van der Waals surface area contributed by atoms with Gasteiger partial charge in [0.15, 0.2) is 23.0 Å². The molecule has 406 valence electrons. The zero-order valence-corrected chi connectivity index (χ0v) is 44.2. The molecule has 0 fully saturated rings. The van der Waals surface area contributed by atoms with Gasteiger partial charge >= 0.3 is 17.9 Å². The standard InChI is InChI=1S/C35H42N2O9.C21H24N2O7/c1-6-7-8-9-10-21-44-28-18-14-26(15-19-28)33(39)45-30-20-11-24(23-31(30)43-5)22-29(34(40)46-35(2,3)4)36-32(38)25-12-16-27(17-13-25)37(41)42;1-21(2,3)30-20(26)16(11-13-5-10-17(24)18(12-13)29-4)22-19(25)14-6-8-15(9-7-14)23(27)28/h11-20,23,29H,6-10,21-22H2,1-5H3,(H,36,38);5-10,12,16,24H,11H2,1-4H3,(H,22,25). The molecule has 2 unspecified atom stereocenters. The Bertz CT molecular complexity index is 2780. The van der Waals surface area contributed by atoms with Crippen molar-refractivity contribution in [2.75, 3.05) is 20.8 Å². The maximum Gasteiger partial charge on any atom is 0.343 e. The van der Waals surface area contributed by atoms with Crippen molar-refractivity contribution in [3.63, 3.8) is 0 Å². The summed E-state index contributed by atoms with van der Waals surface area (Å²) in [4.78, 5) is 84.9. The van der Waals surface area contributed by atoms with Crippen molar-refractivity contribution in [2.45, 2.75) is 117 Å². The molecule has 2 atom stereocenters. The molecule has 20 heteroatoms. The van der Waals surface area contributed by atoms with E-state index in [1.54, 1.807) is 96.1 Å². The summed E-state index contributed by atoms with van der Waals surface area (Å²) in [6, 6.07) is 24.1. The van der Waals surface area contributed by atoms with E-state index in [9.17, 15) is 49.3 Å². The maximum atomic E-state index is 13.1. The van der Waals surface area contributed by atoms with Gasteiger partial charge in [-0.2, -0.15) is 0 Å². The molecule has 2 amide bonds. The van der Waals surface area contributed by atoms with Crippen molar-refractivity contribution < 1.29 is 67.3 Å². The summed E-state index contributed by atoms with van der Waals surface area (Å²) >= 11 is 0. The highest BCUT2D eigenvalue weighted by molar-refractivity contribution is 5.98. The molecular weight excluding hydrogens is 985 g/mol. The summed E-state index contributed by atoms with van der Waals surface area (Å²) in [5.74, 6) is -1.79. The van der Waals surface area contributed by atoms with Crippen LogP contribution in [0.2, 0.25) is 0 Å². The maximum absolute atomic E-state index is 13.1. The second-order valence-electron chi connectivity index (χ2n) is 19.3. The van der Waals surface area contributed by atoms with Crippen LogP contribution in [0.3, 0.4) is 0 Å². The number of nitro groups is 2. The molecule has 5 aromatic carbocycles. The fourth-order valence-electron chi connectivity index (χ4n) is 7.07. The number of unbranched alkanes of at least 4 members (excludes halogenated alkanes) is 4. The number of benzene rings is 5. The molecular formula is C56H66N4O16. The van der Waals surface area contributed by atoms with E-state index in [1.165, 1.54) is 88.1 Å². The van der Waals surface area contributed by atoms with E-state index < -0.39 is 62.9 Å². The molecule has 0 spiro atoms. The summed E-state index contributed by atoms with van der Waals surface area (Å²) in [6.07, 6.45) is 5.82. The van der Waals surface area contributed by atoms with Crippen molar-refractivity contribution in [1.29, 1.82) is 0 Å². The first kappa shape index (κ1) is 60.0. The minimum Gasteiger partial charge on any atom is -0.504 e. The second kappa shape index (κ2) is 28.2. The van der Waals surface area contributed by atoms with E-state index >= 15 is 0 Å². The number of methoxy groups -OCH3 is 2. The third-order valence-corrected chi connectivity index (χ3v) is 10.8. The predicted molar refractivity (Wildman–Crippen MR) is 281 cm³/mol. The number of phenols is 1. The average molecular weight is 1050 g/mol. The van der Waals surface area contributed by atoms with Crippen LogP contribution in [0.1, 0.15) is 123 Å². The van der Waals surface area contributed by atoms with Gasteiger partial charge in [0.25, 0.3) is 23.2 Å². The van der Waals surface area contributed by atoms with Gasteiger partial charge in [-0.05, 0) is 132 Å². The molecule has 5 aromatic rings. The number of ether oxygens (including phenoxy) is 6. The van der Waals surface area contributed by atoms with E-state index in [0.29, 0.717) is 29.0 Å². The number of non-ortho nitro benzene ring substituents is 2. The minimum atomic E-state index is -1.10. The van der Waals surface area contributed by atoms with Crippen LogP contribution in [0.5, 0.6) is 28.7 Å². The van der Waals surface area contributed by atoms with E-state index in [-0.39, 0.29) is 58.3 Å². The number of nitro benzene ring substituents is 2. The lowest BCUT2D eigenvalue weighted by molar-refractivity contribution is -0.385. The number of nitrogens with one attached hydrogen (secondary N) is 2. The first-order valence-electron chi connectivity index (χ1n) is 24.4. The lowest BCUT2D eigenvalue weighted by atomic mass is 10.0. The molecule has 0 radical (unpaired) electrons. The van der Waals surface area contributed by atoms with E-state index in [0.717, 1.165) is 12.8 Å². The van der Waals surface area contributed by atoms with Crippen LogP contribution in [0.15, 0.2) is 109 Å². The van der Waals surface area contributed by atoms with Gasteiger partial charge in [-0.25, -0.2) is 14.4 Å². The van der Waals surface area contributed by atoms with Crippen molar-refractivity contribution in [1.82, 2.24) is 10.6 Å². The lowest BCUT2D eigenvalue weighted by Gasteiger charge is -2.25. The third kappa shape index (κ3) is 19.7. The van der Waals surface area contributed by atoms with Crippen molar-refractivity contribution in [3.8, 4) is 28.7 Å². The van der Waals surface area contributed by atoms with Gasteiger partial charge in [0.05, 0.1) is 36.2 Å². The Kier molecular flexibility index (Phi) is 22.3. The molecule has 0 aliphatic heterocycles. The van der Waals surface area contributed by atoms with Gasteiger partial charge in [0, 0.05) is 48.2 Å². The molecule has 0 aliphatic carbocycles. The number of hydrogen-bond acceptors (Lipinski definition) is 16. The number of phenolic OH excluding ortho intramolecular Hbond substituents is 1. The minimum absolute atomic E-state index is 0.0261. The summed E-state index contributed by atoms with van der Waals surface area (Å²) < 4.78 is 32.9. The summed E-state index contributed by atoms with van der Waals surface area (Å²) in [5.41, 5.74) is -0.0351.